The van der Waals surface area contributed by atoms with Crippen LogP contribution < -0.4 is 5.32 Å². The zero-order valence-electron chi connectivity index (χ0n) is 12.8. The smallest absolute Gasteiger partial charge is 0.348 e. The number of alkyl halides is 3. The molecule has 0 radical (unpaired) electrons. The molecule has 2 heterocycles. The van der Waals surface area contributed by atoms with Gasteiger partial charge in [-0.1, -0.05) is 23.4 Å². The normalized spacial score (nSPS) is 12.8. The van der Waals surface area contributed by atoms with Gasteiger partial charge in [-0.05, 0) is 24.6 Å². The lowest BCUT2D eigenvalue weighted by molar-refractivity contribution is 0.0551. The van der Waals surface area contributed by atoms with Crippen molar-refractivity contribution in [2.45, 2.75) is 18.3 Å². The molecule has 0 spiro atoms. The number of hydrogen-bond acceptors (Lipinski definition) is 6. The van der Waals surface area contributed by atoms with Gasteiger partial charge in [-0.3, -0.25) is 0 Å². The molecular formula is C15H11ClF3N5O. The quantitative estimate of drug-likeness (QED) is 0.681. The molecule has 0 aliphatic rings. The highest BCUT2D eigenvalue weighted by Crippen LogP contribution is 2.32. The summed E-state index contributed by atoms with van der Waals surface area (Å²) in [4.78, 5) is 11.6. The molecule has 1 atom stereocenters. The Hall–Kier alpha value is -2.68. The van der Waals surface area contributed by atoms with E-state index in [9.17, 15) is 13.2 Å². The molecule has 0 saturated heterocycles. The number of hydrogen-bond donors (Lipinski definition) is 1. The number of benzene rings is 1. The first kappa shape index (κ1) is 17.2. The number of rotatable bonds is 5. The third-order valence-electron chi connectivity index (χ3n) is 3.30. The van der Waals surface area contributed by atoms with E-state index in [1.165, 1.54) is 18.5 Å². The molecule has 2 aromatic heterocycles. The molecule has 0 amide bonds. The van der Waals surface area contributed by atoms with Crippen LogP contribution in [0.25, 0.3) is 11.4 Å². The summed E-state index contributed by atoms with van der Waals surface area (Å²) in [5.41, 5.74) is 0.724. The van der Waals surface area contributed by atoms with E-state index in [0.29, 0.717) is 5.56 Å². The van der Waals surface area contributed by atoms with Crippen LogP contribution in [0.3, 0.4) is 0 Å². The molecular weight excluding hydrogens is 359 g/mol. The van der Waals surface area contributed by atoms with Crippen molar-refractivity contribution in [2.75, 3.05) is 5.32 Å². The predicted molar refractivity (Wildman–Crippen MR) is 83.5 cm³/mol. The van der Waals surface area contributed by atoms with Gasteiger partial charge in [0.25, 0.3) is 0 Å². The molecule has 0 aliphatic heterocycles. The molecule has 130 valence electrons. The van der Waals surface area contributed by atoms with Crippen molar-refractivity contribution in [1.29, 1.82) is 0 Å². The van der Waals surface area contributed by atoms with Gasteiger partial charge in [-0.25, -0.2) is 14.4 Å². The molecule has 3 aromatic rings. The molecule has 1 N–H and O–H groups in total. The van der Waals surface area contributed by atoms with Crippen LogP contribution in [0.4, 0.5) is 19.1 Å². The van der Waals surface area contributed by atoms with E-state index in [0.717, 1.165) is 0 Å². The highest BCUT2D eigenvalue weighted by Gasteiger charge is 2.35. The molecule has 1 unspecified atom stereocenters. The maximum atomic E-state index is 13.7. The SMILES string of the molecule is CC(Nc1ncc(-c2noc(C(F)(F)Cl)n2)cn1)c1ccccc1F. The van der Waals surface area contributed by atoms with Crippen LogP contribution in [0.2, 0.25) is 0 Å². The average molecular weight is 370 g/mol. The maximum absolute atomic E-state index is 13.7. The van der Waals surface area contributed by atoms with Crippen LogP contribution in [0, 0.1) is 5.82 Å². The van der Waals surface area contributed by atoms with E-state index >= 15 is 0 Å². The Bertz CT molecular complexity index is 866. The van der Waals surface area contributed by atoms with Crippen LogP contribution >= 0.6 is 11.6 Å². The zero-order chi connectivity index (χ0) is 18.0. The molecule has 0 fully saturated rings. The Kier molecular flexibility index (Phi) is 4.58. The number of nitrogens with one attached hydrogen (secondary N) is 1. The van der Waals surface area contributed by atoms with E-state index < -0.39 is 11.3 Å². The fourth-order valence-corrected chi connectivity index (χ4v) is 2.15. The molecule has 10 heteroatoms. The largest absolute Gasteiger partial charge is 0.400 e. The first-order valence-electron chi connectivity index (χ1n) is 7.09. The minimum atomic E-state index is -3.75. The summed E-state index contributed by atoms with van der Waals surface area (Å²) >= 11 is 4.81. The van der Waals surface area contributed by atoms with Gasteiger partial charge in [0.15, 0.2) is 0 Å². The predicted octanol–water partition coefficient (Wildman–Crippen LogP) is 4.13. The highest BCUT2D eigenvalue weighted by atomic mass is 35.5. The third-order valence-corrected chi connectivity index (χ3v) is 3.46. The van der Waals surface area contributed by atoms with E-state index in [2.05, 4.69) is 29.9 Å². The number of halogens is 4. The standard InChI is InChI=1S/C15H11ClF3N5O/c1-8(10-4-2-3-5-11(10)17)22-14-20-6-9(7-21-14)12-23-13(25-24-12)15(16,18)19/h2-8H,1H3,(H,20,21,22). The number of nitrogens with zero attached hydrogens (tertiary/aromatic N) is 4. The summed E-state index contributed by atoms with van der Waals surface area (Å²) < 4.78 is 43.9. The van der Waals surface area contributed by atoms with Crippen molar-refractivity contribution in [1.82, 2.24) is 20.1 Å². The molecule has 0 saturated carbocycles. The number of anilines is 1. The van der Waals surface area contributed by atoms with Crippen LogP contribution in [-0.4, -0.2) is 20.1 Å². The molecule has 25 heavy (non-hydrogen) atoms. The van der Waals surface area contributed by atoms with Crippen LogP contribution in [-0.2, 0) is 5.38 Å². The van der Waals surface area contributed by atoms with Crippen molar-refractivity contribution in [3.05, 3.63) is 53.9 Å². The van der Waals surface area contributed by atoms with Gasteiger partial charge in [-0.2, -0.15) is 13.8 Å². The van der Waals surface area contributed by atoms with E-state index in [4.69, 9.17) is 11.6 Å². The molecule has 6 nitrogen and oxygen atoms in total. The van der Waals surface area contributed by atoms with Gasteiger partial charge in [0, 0.05) is 18.0 Å². The second kappa shape index (κ2) is 6.67. The van der Waals surface area contributed by atoms with Crippen molar-refractivity contribution >= 4 is 17.5 Å². The van der Waals surface area contributed by atoms with E-state index in [1.54, 1.807) is 25.1 Å². The monoisotopic (exact) mass is 369 g/mol. The van der Waals surface area contributed by atoms with Gasteiger partial charge in [0.05, 0.1) is 11.6 Å². The fraction of sp³-hybridized carbons (Fsp3) is 0.200. The van der Waals surface area contributed by atoms with Gasteiger partial charge < -0.3 is 9.84 Å². The second-order valence-electron chi connectivity index (χ2n) is 5.10. The van der Waals surface area contributed by atoms with Crippen molar-refractivity contribution < 1.29 is 17.7 Å². The highest BCUT2D eigenvalue weighted by molar-refractivity contribution is 6.21. The molecule has 1 aromatic carbocycles. The zero-order valence-corrected chi connectivity index (χ0v) is 13.5. The summed E-state index contributed by atoms with van der Waals surface area (Å²) in [5, 5.41) is 2.59. The summed E-state index contributed by atoms with van der Waals surface area (Å²) in [6.07, 6.45) is 2.65. The lowest BCUT2D eigenvalue weighted by atomic mass is 10.1. The lowest BCUT2D eigenvalue weighted by Crippen LogP contribution is -2.10. The third kappa shape index (κ3) is 3.87. The molecule has 0 aliphatic carbocycles. The fourth-order valence-electron chi connectivity index (χ4n) is 2.07. The van der Waals surface area contributed by atoms with Crippen LogP contribution in [0.1, 0.15) is 24.4 Å². The summed E-state index contributed by atoms with van der Waals surface area (Å²) in [5.74, 6) is -1.25. The summed E-state index contributed by atoms with van der Waals surface area (Å²) in [7, 11) is 0. The Balaban J connectivity index is 1.74. The van der Waals surface area contributed by atoms with Gasteiger partial charge in [0.2, 0.25) is 11.8 Å². The van der Waals surface area contributed by atoms with Crippen molar-refractivity contribution in [3.8, 4) is 11.4 Å². The lowest BCUT2D eigenvalue weighted by Gasteiger charge is -2.14. The van der Waals surface area contributed by atoms with E-state index in [1.807, 2.05) is 0 Å². The van der Waals surface area contributed by atoms with Gasteiger partial charge in [-0.15, -0.1) is 0 Å². The topological polar surface area (TPSA) is 76.7 Å². The Morgan fingerprint density at radius 3 is 2.48 bits per heavy atom. The Labute approximate surface area is 145 Å². The van der Waals surface area contributed by atoms with Gasteiger partial charge in [0.1, 0.15) is 5.82 Å². The Morgan fingerprint density at radius 1 is 1.20 bits per heavy atom. The van der Waals surface area contributed by atoms with Gasteiger partial charge >= 0.3 is 11.3 Å². The number of aromatic nitrogens is 4. The average Bonchev–Trinajstić information content (AvgIpc) is 3.06. The minimum Gasteiger partial charge on any atom is -0.348 e. The first-order chi connectivity index (χ1) is 11.8. The Morgan fingerprint density at radius 2 is 1.88 bits per heavy atom. The second-order valence-corrected chi connectivity index (χ2v) is 5.58. The van der Waals surface area contributed by atoms with Crippen LogP contribution in [0.5, 0.6) is 0 Å². The van der Waals surface area contributed by atoms with Crippen molar-refractivity contribution in [3.63, 3.8) is 0 Å². The van der Waals surface area contributed by atoms with Crippen molar-refractivity contribution in [2.24, 2.45) is 0 Å². The van der Waals surface area contributed by atoms with E-state index in [-0.39, 0.29) is 29.2 Å². The summed E-state index contributed by atoms with van der Waals surface area (Å²) in [6.45, 7) is 1.75. The van der Waals surface area contributed by atoms with Crippen LogP contribution in [0.15, 0.2) is 41.2 Å². The minimum absolute atomic E-state index is 0.121. The maximum Gasteiger partial charge on any atom is 0.400 e. The summed E-state index contributed by atoms with van der Waals surface area (Å²) in [6, 6.07) is 5.95. The molecule has 3 rings (SSSR count). The first-order valence-corrected chi connectivity index (χ1v) is 7.46. The molecule has 0 bridgehead atoms.